The summed E-state index contributed by atoms with van der Waals surface area (Å²) in [5.74, 6) is -2.32. The van der Waals surface area contributed by atoms with Crippen LogP contribution in [0.5, 0.6) is 5.75 Å². The molecule has 152 valence electrons. The number of anilines is 1. The zero-order valence-electron chi connectivity index (χ0n) is 15.6. The molecular weight excluding hydrogens is 389 g/mol. The van der Waals surface area contributed by atoms with Gasteiger partial charge >= 0.3 is 10.2 Å². The van der Waals surface area contributed by atoms with Crippen LogP contribution in [0, 0.1) is 5.82 Å². The van der Waals surface area contributed by atoms with Crippen LogP contribution < -0.4 is 9.03 Å². The third kappa shape index (κ3) is 3.94. The summed E-state index contributed by atoms with van der Waals surface area (Å²) in [5.41, 5.74) is 0.374. The van der Waals surface area contributed by atoms with Gasteiger partial charge in [0.1, 0.15) is 18.0 Å². The number of nitrogens with zero attached hydrogens (tertiary/aromatic N) is 4. The highest BCUT2D eigenvalue weighted by Gasteiger charge is 2.37. The Hall–Kier alpha value is -2.66. The summed E-state index contributed by atoms with van der Waals surface area (Å²) in [6.07, 6.45) is 3.28. The van der Waals surface area contributed by atoms with E-state index in [0.717, 1.165) is 25.7 Å². The summed E-state index contributed by atoms with van der Waals surface area (Å²) in [7, 11) is -4.22. The van der Waals surface area contributed by atoms with Crippen molar-refractivity contribution in [2.45, 2.75) is 20.4 Å². The molecule has 1 fully saturated rings. The number of carbonyl (C=O) groups excluding carboxylic acids is 1. The highest BCUT2D eigenvalue weighted by atomic mass is 32.2. The van der Waals surface area contributed by atoms with Crippen molar-refractivity contribution in [3.8, 4) is 16.9 Å². The summed E-state index contributed by atoms with van der Waals surface area (Å²) >= 11 is 0. The van der Waals surface area contributed by atoms with Crippen LogP contribution in [0.3, 0.4) is 0 Å². The predicted molar refractivity (Wildman–Crippen MR) is 101 cm³/mol. The minimum absolute atomic E-state index is 0.351. The number of phenolic OH excluding ortho intramolecular Hbond substituents is 1. The molecule has 2 heterocycles. The average molecular weight is 411 g/mol. The van der Waals surface area contributed by atoms with Gasteiger partial charge in [0, 0.05) is 18.3 Å². The topological polar surface area (TPSA) is 108 Å². The normalized spacial score (nSPS) is 16.0. The number of halogens is 1. The van der Waals surface area contributed by atoms with Crippen LogP contribution in [0.2, 0.25) is 0 Å². The van der Waals surface area contributed by atoms with Crippen molar-refractivity contribution >= 4 is 21.8 Å². The van der Waals surface area contributed by atoms with E-state index in [1.165, 1.54) is 6.07 Å². The molecule has 0 saturated carbocycles. The molecule has 2 aromatic rings. The number of hydrogen-bond donors (Lipinski definition) is 2. The summed E-state index contributed by atoms with van der Waals surface area (Å²) < 4.78 is 42.4. The number of rotatable bonds is 7. The molecule has 1 amide bonds. The van der Waals surface area contributed by atoms with E-state index in [9.17, 15) is 22.7 Å². The third-order valence-corrected chi connectivity index (χ3v) is 6.00. The molecule has 28 heavy (non-hydrogen) atoms. The first-order valence-corrected chi connectivity index (χ1v) is 10.3. The lowest BCUT2D eigenvalue weighted by atomic mass is 10.1. The van der Waals surface area contributed by atoms with E-state index in [4.69, 9.17) is 0 Å². The second kappa shape index (κ2) is 7.76. The molecule has 11 heteroatoms. The van der Waals surface area contributed by atoms with E-state index >= 15 is 0 Å². The zero-order chi connectivity index (χ0) is 20.5. The average Bonchev–Trinajstić information content (AvgIpc) is 3.19. The first kappa shape index (κ1) is 20.1. The van der Waals surface area contributed by atoms with Gasteiger partial charge in [-0.1, -0.05) is 13.8 Å². The lowest BCUT2D eigenvalue weighted by molar-refractivity contribution is -0.117. The fourth-order valence-electron chi connectivity index (χ4n) is 3.06. The number of phenols is 1. The van der Waals surface area contributed by atoms with E-state index in [-0.39, 0.29) is 0 Å². The van der Waals surface area contributed by atoms with Gasteiger partial charge in [0.15, 0.2) is 5.82 Å². The molecule has 1 aromatic carbocycles. The molecule has 9 nitrogen and oxygen atoms in total. The maximum atomic E-state index is 14.6. The number of hydrogen-bond acceptors (Lipinski definition) is 6. The molecule has 2 N–H and O–H groups in total. The van der Waals surface area contributed by atoms with Gasteiger partial charge in [0.05, 0.1) is 12.7 Å². The van der Waals surface area contributed by atoms with Gasteiger partial charge in [-0.3, -0.25) is 9.48 Å². The van der Waals surface area contributed by atoms with Gasteiger partial charge < -0.3 is 10.0 Å². The second-order valence-electron chi connectivity index (χ2n) is 6.38. The third-order valence-electron chi connectivity index (χ3n) is 4.62. The maximum absolute atomic E-state index is 14.6. The van der Waals surface area contributed by atoms with Gasteiger partial charge in [-0.15, -0.1) is 0 Å². The number of benzene rings is 1. The van der Waals surface area contributed by atoms with Crippen molar-refractivity contribution < 1.29 is 22.7 Å². The summed E-state index contributed by atoms with van der Waals surface area (Å²) in [6.45, 7) is 6.91. The van der Waals surface area contributed by atoms with Crippen LogP contribution in [0.1, 0.15) is 13.8 Å². The van der Waals surface area contributed by atoms with Crippen LogP contribution in [-0.4, -0.2) is 60.3 Å². The monoisotopic (exact) mass is 411 g/mol. The number of nitrogens with one attached hydrogen (secondary N) is 1. The van der Waals surface area contributed by atoms with Crippen molar-refractivity contribution in [3.05, 3.63) is 30.3 Å². The first-order chi connectivity index (χ1) is 13.2. The van der Waals surface area contributed by atoms with E-state index in [1.807, 2.05) is 0 Å². The van der Waals surface area contributed by atoms with Crippen molar-refractivity contribution in [3.63, 3.8) is 0 Å². The number of aromatic nitrogens is 2. The van der Waals surface area contributed by atoms with Crippen LogP contribution >= 0.6 is 0 Å². The lowest BCUT2D eigenvalue weighted by Gasteiger charge is -2.17. The second-order valence-corrected chi connectivity index (χ2v) is 7.98. The molecular formula is C17H22FN5O4S. The number of aromatic hydroxyl groups is 1. The van der Waals surface area contributed by atoms with E-state index in [1.54, 1.807) is 21.8 Å². The van der Waals surface area contributed by atoms with Gasteiger partial charge in [-0.25, -0.2) is 13.4 Å². The fraction of sp³-hybridized carbons (Fsp3) is 0.412. The van der Waals surface area contributed by atoms with Crippen molar-refractivity contribution in [1.29, 1.82) is 0 Å². The molecule has 0 unspecified atom stereocenters. The summed E-state index contributed by atoms with van der Waals surface area (Å²) in [6, 6.07) is 2.36. The van der Waals surface area contributed by atoms with Crippen molar-refractivity contribution in [2.75, 3.05) is 30.5 Å². The Morgan fingerprint density at radius 1 is 1.29 bits per heavy atom. The molecule has 0 spiro atoms. The molecule has 0 bridgehead atoms. The van der Waals surface area contributed by atoms with Gasteiger partial charge in [-0.05, 0) is 30.8 Å². The van der Waals surface area contributed by atoms with Crippen molar-refractivity contribution in [2.24, 2.45) is 0 Å². The number of amides is 1. The smallest absolute Gasteiger partial charge is 0.326 e. The molecule has 1 aliphatic rings. The molecule has 1 saturated heterocycles. The molecule has 0 radical (unpaired) electrons. The van der Waals surface area contributed by atoms with Gasteiger partial charge in [0.25, 0.3) is 5.91 Å². The predicted octanol–water partition coefficient (Wildman–Crippen LogP) is 0.918. The standard InChI is InChI=1S/C17H22FN5O4S/c1-3-21(4-2)5-6-22-10-13(9-19-22)12-7-14(18)17(15(24)8-12)23-11-16(25)20-28(23,26)27/h7-10,24H,3-6,11H2,1-2H3,(H,20,25). The first-order valence-electron chi connectivity index (χ1n) is 8.86. The summed E-state index contributed by atoms with van der Waals surface area (Å²) in [5, 5.41) is 14.5. The van der Waals surface area contributed by atoms with E-state index in [2.05, 4.69) is 23.8 Å². The maximum Gasteiger partial charge on any atom is 0.326 e. The van der Waals surface area contributed by atoms with Crippen LogP contribution in [-0.2, 0) is 21.5 Å². The van der Waals surface area contributed by atoms with Crippen molar-refractivity contribution in [1.82, 2.24) is 19.4 Å². The van der Waals surface area contributed by atoms with Crippen LogP contribution in [0.15, 0.2) is 24.5 Å². The van der Waals surface area contributed by atoms with Gasteiger partial charge in [0.2, 0.25) is 0 Å². The highest BCUT2D eigenvalue weighted by molar-refractivity contribution is 7.92. The number of likely N-dealkylation sites (N-methyl/N-ethyl adjacent to an activating group) is 1. The molecule has 0 atom stereocenters. The minimum atomic E-state index is -4.22. The Labute approximate surface area is 162 Å². The zero-order valence-corrected chi connectivity index (χ0v) is 16.4. The van der Waals surface area contributed by atoms with Gasteiger partial charge in [-0.2, -0.15) is 13.5 Å². The lowest BCUT2D eigenvalue weighted by Crippen LogP contribution is -2.30. The highest BCUT2D eigenvalue weighted by Crippen LogP contribution is 2.37. The molecule has 3 rings (SSSR count). The molecule has 1 aliphatic heterocycles. The Kier molecular flexibility index (Phi) is 5.57. The Morgan fingerprint density at radius 2 is 2.00 bits per heavy atom. The van der Waals surface area contributed by atoms with E-state index < -0.39 is 39.9 Å². The van der Waals surface area contributed by atoms with Crippen LogP contribution in [0.25, 0.3) is 11.1 Å². The minimum Gasteiger partial charge on any atom is -0.506 e. The quantitative estimate of drug-likeness (QED) is 0.702. The SMILES string of the molecule is CCN(CC)CCn1cc(-c2cc(O)c(N3CC(=O)NS3(=O)=O)c(F)c2)cn1. The van der Waals surface area contributed by atoms with E-state index in [0.29, 0.717) is 22.0 Å². The Bertz CT molecular complexity index is 964. The largest absolute Gasteiger partial charge is 0.506 e. The Balaban J connectivity index is 1.85. The summed E-state index contributed by atoms with van der Waals surface area (Å²) in [4.78, 5) is 13.6. The number of carbonyl (C=O) groups is 1. The van der Waals surface area contributed by atoms with Crippen LogP contribution in [0.4, 0.5) is 10.1 Å². The fourth-order valence-corrected chi connectivity index (χ4v) is 4.23. The Morgan fingerprint density at radius 3 is 2.57 bits per heavy atom. The molecule has 1 aromatic heterocycles. The molecule has 0 aliphatic carbocycles.